The van der Waals surface area contributed by atoms with Crippen molar-refractivity contribution in [3.63, 3.8) is 0 Å². The van der Waals surface area contributed by atoms with Crippen LogP contribution in [0.5, 0.6) is 0 Å². The molecule has 0 atom stereocenters. The van der Waals surface area contributed by atoms with Gasteiger partial charge in [-0.1, -0.05) is 0 Å². The lowest BCUT2D eigenvalue weighted by Crippen LogP contribution is -2.19. The van der Waals surface area contributed by atoms with E-state index in [-0.39, 0.29) is 5.91 Å². The van der Waals surface area contributed by atoms with Gasteiger partial charge in [0.15, 0.2) is 0 Å². The highest BCUT2D eigenvalue weighted by Gasteiger charge is 2.10. The highest BCUT2D eigenvalue weighted by atomic mass is 19.1. The molecule has 0 aromatic carbocycles. The minimum atomic E-state index is -0.423. The Morgan fingerprint density at radius 2 is 2.11 bits per heavy atom. The van der Waals surface area contributed by atoms with Crippen LogP contribution in [0.3, 0.4) is 0 Å². The van der Waals surface area contributed by atoms with Crippen molar-refractivity contribution in [2.75, 3.05) is 12.4 Å². The fourth-order valence-electron chi connectivity index (χ4n) is 1.39. The van der Waals surface area contributed by atoms with Crippen LogP contribution in [0.2, 0.25) is 0 Å². The lowest BCUT2D eigenvalue weighted by Gasteiger charge is -2.08. The lowest BCUT2D eigenvalue weighted by molar-refractivity contribution is 0.0963. The SMILES string of the molecule is CNC(=O)c1cccnc1Nc1ccc(F)cn1. The van der Waals surface area contributed by atoms with Crippen molar-refractivity contribution in [1.82, 2.24) is 15.3 Å². The van der Waals surface area contributed by atoms with Gasteiger partial charge in [-0.15, -0.1) is 0 Å². The van der Waals surface area contributed by atoms with Gasteiger partial charge in [0.1, 0.15) is 17.5 Å². The van der Waals surface area contributed by atoms with Gasteiger partial charge in [-0.25, -0.2) is 14.4 Å². The molecule has 0 unspecified atom stereocenters. The van der Waals surface area contributed by atoms with E-state index in [4.69, 9.17) is 0 Å². The molecule has 6 heteroatoms. The fraction of sp³-hybridized carbons (Fsp3) is 0.0833. The van der Waals surface area contributed by atoms with Gasteiger partial charge in [0, 0.05) is 13.2 Å². The van der Waals surface area contributed by atoms with Crippen molar-refractivity contribution in [3.05, 3.63) is 48.0 Å². The second-order valence-corrected chi connectivity index (χ2v) is 3.47. The van der Waals surface area contributed by atoms with E-state index in [9.17, 15) is 9.18 Å². The molecule has 2 rings (SSSR count). The maximum atomic E-state index is 12.7. The molecule has 2 aromatic rings. The summed E-state index contributed by atoms with van der Waals surface area (Å²) in [7, 11) is 1.54. The summed E-state index contributed by atoms with van der Waals surface area (Å²) in [4.78, 5) is 19.5. The van der Waals surface area contributed by atoms with Crippen molar-refractivity contribution in [2.45, 2.75) is 0 Å². The number of nitrogens with zero attached hydrogens (tertiary/aromatic N) is 2. The second-order valence-electron chi connectivity index (χ2n) is 3.47. The van der Waals surface area contributed by atoms with Crippen LogP contribution in [0.1, 0.15) is 10.4 Å². The van der Waals surface area contributed by atoms with Crippen LogP contribution in [0.4, 0.5) is 16.0 Å². The zero-order valence-corrected chi connectivity index (χ0v) is 9.64. The van der Waals surface area contributed by atoms with Gasteiger partial charge in [-0.2, -0.15) is 0 Å². The molecule has 0 bridgehead atoms. The summed E-state index contributed by atoms with van der Waals surface area (Å²) in [5, 5.41) is 5.38. The first-order valence-corrected chi connectivity index (χ1v) is 5.26. The third kappa shape index (κ3) is 2.60. The molecule has 0 aliphatic carbocycles. The Morgan fingerprint density at radius 3 is 2.78 bits per heavy atom. The summed E-state index contributed by atoms with van der Waals surface area (Å²) in [6.45, 7) is 0. The number of rotatable bonds is 3. The topological polar surface area (TPSA) is 66.9 Å². The monoisotopic (exact) mass is 246 g/mol. The molecule has 0 aliphatic heterocycles. The largest absolute Gasteiger partial charge is 0.355 e. The van der Waals surface area contributed by atoms with E-state index >= 15 is 0 Å². The van der Waals surface area contributed by atoms with Gasteiger partial charge in [-0.05, 0) is 24.3 Å². The molecular weight excluding hydrogens is 235 g/mol. The van der Waals surface area contributed by atoms with E-state index in [0.29, 0.717) is 17.2 Å². The molecular formula is C12H11FN4O. The minimum absolute atomic E-state index is 0.257. The average molecular weight is 246 g/mol. The second kappa shape index (κ2) is 5.22. The van der Waals surface area contributed by atoms with Gasteiger partial charge < -0.3 is 10.6 Å². The third-order valence-corrected chi connectivity index (χ3v) is 2.25. The predicted octanol–water partition coefficient (Wildman–Crippen LogP) is 1.72. The number of halogens is 1. The highest BCUT2D eigenvalue weighted by Crippen LogP contribution is 2.16. The van der Waals surface area contributed by atoms with Gasteiger partial charge in [0.25, 0.3) is 5.91 Å². The normalized spacial score (nSPS) is 9.89. The number of amides is 1. The Morgan fingerprint density at radius 1 is 1.28 bits per heavy atom. The molecule has 0 saturated heterocycles. The van der Waals surface area contributed by atoms with Crippen LogP contribution in [0.15, 0.2) is 36.7 Å². The van der Waals surface area contributed by atoms with Gasteiger partial charge in [0.2, 0.25) is 0 Å². The number of pyridine rings is 2. The standard InChI is InChI=1S/C12H11FN4O/c1-14-12(18)9-3-2-6-15-11(9)17-10-5-4-8(13)7-16-10/h2-7H,1H3,(H,14,18)(H,15,16,17). The predicted molar refractivity (Wildman–Crippen MR) is 65.1 cm³/mol. The number of hydrogen-bond donors (Lipinski definition) is 2. The van der Waals surface area contributed by atoms with Crippen molar-refractivity contribution >= 4 is 17.5 Å². The molecule has 5 nitrogen and oxygen atoms in total. The van der Waals surface area contributed by atoms with Crippen LogP contribution in [-0.4, -0.2) is 22.9 Å². The Kier molecular flexibility index (Phi) is 3.47. The van der Waals surface area contributed by atoms with Crippen molar-refractivity contribution in [3.8, 4) is 0 Å². The first-order chi connectivity index (χ1) is 8.70. The van der Waals surface area contributed by atoms with Crippen LogP contribution >= 0.6 is 0 Å². The van der Waals surface area contributed by atoms with Gasteiger partial charge >= 0.3 is 0 Å². The summed E-state index contributed by atoms with van der Waals surface area (Å²) in [6.07, 6.45) is 2.64. The minimum Gasteiger partial charge on any atom is -0.355 e. The van der Waals surface area contributed by atoms with E-state index in [1.54, 1.807) is 18.3 Å². The van der Waals surface area contributed by atoms with Crippen LogP contribution in [0, 0.1) is 5.82 Å². The molecule has 2 N–H and O–H groups in total. The Labute approximate surface area is 103 Å². The number of anilines is 2. The molecule has 0 fully saturated rings. The maximum absolute atomic E-state index is 12.7. The van der Waals surface area contributed by atoms with E-state index in [0.717, 1.165) is 6.20 Å². The first-order valence-electron chi connectivity index (χ1n) is 5.26. The summed E-state index contributed by atoms with van der Waals surface area (Å²) >= 11 is 0. The first kappa shape index (κ1) is 12.0. The highest BCUT2D eigenvalue weighted by molar-refractivity contribution is 5.99. The van der Waals surface area contributed by atoms with Crippen LogP contribution in [0.25, 0.3) is 0 Å². The Balaban J connectivity index is 2.28. The summed E-state index contributed by atoms with van der Waals surface area (Å²) < 4.78 is 12.7. The fourth-order valence-corrected chi connectivity index (χ4v) is 1.39. The number of carbonyl (C=O) groups is 1. The van der Waals surface area contributed by atoms with Gasteiger partial charge in [-0.3, -0.25) is 4.79 Å². The average Bonchev–Trinajstić information content (AvgIpc) is 2.41. The lowest BCUT2D eigenvalue weighted by atomic mass is 10.2. The molecule has 2 heterocycles. The molecule has 0 saturated carbocycles. The molecule has 0 radical (unpaired) electrons. The maximum Gasteiger partial charge on any atom is 0.254 e. The van der Waals surface area contributed by atoms with E-state index in [2.05, 4.69) is 20.6 Å². The molecule has 2 aromatic heterocycles. The van der Waals surface area contributed by atoms with E-state index in [1.165, 1.54) is 19.2 Å². The number of nitrogens with one attached hydrogen (secondary N) is 2. The smallest absolute Gasteiger partial charge is 0.254 e. The molecule has 0 spiro atoms. The van der Waals surface area contributed by atoms with Crippen molar-refractivity contribution in [2.24, 2.45) is 0 Å². The van der Waals surface area contributed by atoms with Crippen molar-refractivity contribution in [1.29, 1.82) is 0 Å². The molecule has 92 valence electrons. The number of carbonyl (C=O) groups excluding carboxylic acids is 1. The van der Waals surface area contributed by atoms with E-state index in [1.807, 2.05) is 0 Å². The summed E-state index contributed by atoms with van der Waals surface area (Å²) in [6, 6.07) is 6.04. The Bertz CT molecular complexity index is 556. The van der Waals surface area contributed by atoms with Crippen molar-refractivity contribution < 1.29 is 9.18 Å². The third-order valence-electron chi connectivity index (χ3n) is 2.25. The number of aromatic nitrogens is 2. The zero-order valence-electron chi connectivity index (χ0n) is 9.64. The molecule has 0 aliphatic rings. The molecule has 18 heavy (non-hydrogen) atoms. The summed E-state index contributed by atoms with van der Waals surface area (Å²) in [5.41, 5.74) is 0.395. The van der Waals surface area contributed by atoms with Crippen LogP contribution in [-0.2, 0) is 0 Å². The number of hydrogen-bond acceptors (Lipinski definition) is 4. The van der Waals surface area contributed by atoms with Gasteiger partial charge in [0.05, 0.1) is 11.8 Å². The Hall–Kier alpha value is -2.50. The van der Waals surface area contributed by atoms with Crippen LogP contribution < -0.4 is 10.6 Å². The van der Waals surface area contributed by atoms with E-state index < -0.39 is 5.82 Å². The quantitative estimate of drug-likeness (QED) is 0.865. The molecule has 1 amide bonds. The summed E-state index contributed by atoms with van der Waals surface area (Å²) in [5.74, 6) is 0.108. The zero-order chi connectivity index (χ0) is 13.0.